The Morgan fingerprint density at radius 2 is 1.95 bits per heavy atom. The van der Waals surface area contributed by atoms with Gasteiger partial charge in [0, 0.05) is 11.6 Å². The highest BCUT2D eigenvalue weighted by atomic mass is 16.3. The Morgan fingerprint density at radius 3 is 2.63 bits per heavy atom. The second-order valence-corrected chi connectivity index (χ2v) is 4.26. The van der Waals surface area contributed by atoms with Gasteiger partial charge in [0.25, 0.3) is 5.91 Å². The van der Waals surface area contributed by atoms with Gasteiger partial charge in [0.15, 0.2) is 0 Å². The van der Waals surface area contributed by atoms with Crippen molar-refractivity contribution in [2.24, 2.45) is 4.99 Å². The van der Waals surface area contributed by atoms with Gasteiger partial charge in [-0.3, -0.25) is 4.79 Å². The quantitative estimate of drug-likeness (QED) is 0.835. The molecule has 0 atom stereocenters. The minimum Gasteiger partial charge on any atom is -0.462 e. The fourth-order valence-corrected chi connectivity index (χ4v) is 1.87. The molecule has 1 aromatic carbocycles. The van der Waals surface area contributed by atoms with Gasteiger partial charge in [-0.15, -0.1) is 0 Å². The first-order valence-corrected chi connectivity index (χ1v) is 5.96. The molecule has 0 saturated carbocycles. The molecule has 0 unspecified atom stereocenters. The Bertz CT molecular complexity index is 681. The molecule has 4 nitrogen and oxygen atoms in total. The van der Waals surface area contributed by atoms with Crippen LogP contribution in [0.25, 0.3) is 6.08 Å². The molecule has 1 amide bonds. The molecule has 2 aromatic rings. The number of amidine groups is 1. The van der Waals surface area contributed by atoms with Gasteiger partial charge < -0.3 is 9.73 Å². The van der Waals surface area contributed by atoms with E-state index in [4.69, 9.17) is 4.42 Å². The van der Waals surface area contributed by atoms with E-state index in [0.717, 1.165) is 11.3 Å². The molecule has 3 rings (SSSR count). The average Bonchev–Trinajstić information content (AvgIpc) is 2.98. The van der Waals surface area contributed by atoms with Crippen LogP contribution in [0.2, 0.25) is 0 Å². The summed E-state index contributed by atoms with van der Waals surface area (Å²) in [5.41, 5.74) is 1.24. The van der Waals surface area contributed by atoms with Crippen LogP contribution in [0, 0.1) is 6.92 Å². The minimum absolute atomic E-state index is 0.215. The molecular formula is C15H12N2O2. The molecule has 1 aliphatic rings. The van der Waals surface area contributed by atoms with E-state index >= 15 is 0 Å². The van der Waals surface area contributed by atoms with Crippen LogP contribution >= 0.6 is 0 Å². The first-order valence-electron chi connectivity index (χ1n) is 5.96. The van der Waals surface area contributed by atoms with Gasteiger partial charge in [0.1, 0.15) is 23.1 Å². The summed E-state index contributed by atoms with van der Waals surface area (Å²) >= 11 is 0. The van der Waals surface area contributed by atoms with Crippen LogP contribution in [-0.4, -0.2) is 11.7 Å². The van der Waals surface area contributed by atoms with Gasteiger partial charge >= 0.3 is 0 Å². The van der Waals surface area contributed by atoms with Crippen LogP contribution in [0.5, 0.6) is 0 Å². The maximum atomic E-state index is 11.8. The van der Waals surface area contributed by atoms with Crippen molar-refractivity contribution in [1.82, 2.24) is 5.32 Å². The Kier molecular flexibility index (Phi) is 2.76. The Balaban J connectivity index is 1.94. The summed E-state index contributed by atoms with van der Waals surface area (Å²) in [6, 6.07) is 13.2. The molecule has 0 saturated heterocycles. The summed E-state index contributed by atoms with van der Waals surface area (Å²) in [4.78, 5) is 16.1. The standard InChI is InChI=1S/C15H12N2O2/c1-10-7-8-12(19-10)9-13-15(18)17-14(16-13)11-5-3-2-4-6-11/h2-9H,1H3,(H,16,17,18)/b13-9+. The molecule has 0 radical (unpaired) electrons. The van der Waals surface area contributed by atoms with E-state index < -0.39 is 0 Å². The topological polar surface area (TPSA) is 54.6 Å². The third kappa shape index (κ3) is 2.33. The number of aryl methyl sites for hydroxylation is 1. The lowest BCUT2D eigenvalue weighted by atomic mass is 10.2. The van der Waals surface area contributed by atoms with E-state index in [-0.39, 0.29) is 5.91 Å². The van der Waals surface area contributed by atoms with E-state index in [1.165, 1.54) is 0 Å². The number of nitrogens with zero attached hydrogens (tertiary/aromatic N) is 1. The number of aliphatic imine (C=N–C) groups is 1. The predicted octanol–water partition coefficient (Wildman–Crippen LogP) is 2.51. The molecule has 0 fully saturated rings. The van der Waals surface area contributed by atoms with Crippen molar-refractivity contribution in [3.05, 3.63) is 65.2 Å². The SMILES string of the molecule is Cc1ccc(/C=C2/N=C(c3ccccc3)NC2=O)o1. The summed E-state index contributed by atoms with van der Waals surface area (Å²) in [5.74, 6) is 1.78. The monoisotopic (exact) mass is 252 g/mol. The summed E-state index contributed by atoms with van der Waals surface area (Å²) in [5, 5.41) is 2.75. The van der Waals surface area contributed by atoms with Crippen LogP contribution in [0.4, 0.5) is 0 Å². The van der Waals surface area contributed by atoms with Gasteiger partial charge in [-0.1, -0.05) is 30.3 Å². The van der Waals surface area contributed by atoms with Crippen LogP contribution in [0.1, 0.15) is 17.1 Å². The van der Waals surface area contributed by atoms with Gasteiger partial charge in [0.05, 0.1) is 0 Å². The minimum atomic E-state index is -0.215. The second kappa shape index (κ2) is 4.57. The summed E-state index contributed by atoms with van der Waals surface area (Å²) < 4.78 is 5.41. The number of hydrogen-bond acceptors (Lipinski definition) is 3. The molecule has 0 aliphatic carbocycles. The van der Waals surface area contributed by atoms with Crippen LogP contribution in [0.15, 0.2) is 57.6 Å². The fourth-order valence-electron chi connectivity index (χ4n) is 1.87. The zero-order valence-corrected chi connectivity index (χ0v) is 10.4. The maximum Gasteiger partial charge on any atom is 0.275 e. The number of benzene rings is 1. The predicted molar refractivity (Wildman–Crippen MR) is 72.5 cm³/mol. The van der Waals surface area contributed by atoms with Crippen LogP contribution in [-0.2, 0) is 4.79 Å². The summed E-state index contributed by atoms with van der Waals surface area (Å²) in [7, 11) is 0. The number of furan rings is 1. The molecule has 1 aromatic heterocycles. The number of amides is 1. The normalized spacial score (nSPS) is 16.6. The molecule has 1 N–H and O–H groups in total. The van der Waals surface area contributed by atoms with Crippen LogP contribution < -0.4 is 5.32 Å². The fraction of sp³-hybridized carbons (Fsp3) is 0.0667. The molecule has 0 bridgehead atoms. The number of nitrogens with one attached hydrogen (secondary N) is 1. The van der Waals surface area contributed by atoms with E-state index in [1.807, 2.05) is 49.4 Å². The molecule has 0 spiro atoms. The molecule has 2 heterocycles. The smallest absolute Gasteiger partial charge is 0.275 e. The molecule has 94 valence electrons. The van der Waals surface area contributed by atoms with Crippen molar-refractivity contribution in [2.75, 3.05) is 0 Å². The van der Waals surface area contributed by atoms with Gasteiger partial charge in [-0.2, -0.15) is 0 Å². The highest BCUT2D eigenvalue weighted by Gasteiger charge is 2.21. The summed E-state index contributed by atoms with van der Waals surface area (Å²) in [6.07, 6.45) is 1.64. The highest BCUT2D eigenvalue weighted by molar-refractivity contribution is 6.19. The lowest BCUT2D eigenvalue weighted by molar-refractivity contribution is -0.115. The van der Waals surface area contributed by atoms with Crippen molar-refractivity contribution in [1.29, 1.82) is 0 Å². The van der Waals surface area contributed by atoms with Gasteiger partial charge in [-0.25, -0.2) is 4.99 Å². The van der Waals surface area contributed by atoms with Crippen molar-refractivity contribution in [3.8, 4) is 0 Å². The van der Waals surface area contributed by atoms with Crippen molar-refractivity contribution >= 4 is 17.8 Å². The Morgan fingerprint density at radius 1 is 1.16 bits per heavy atom. The zero-order valence-electron chi connectivity index (χ0n) is 10.4. The van der Waals surface area contributed by atoms with Gasteiger partial charge in [0.2, 0.25) is 0 Å². The number of carbonyl (C=O) groups excluding carboxylic acids is 1. The first-order chi connectivity index (χ1) is 9.22. The van der Waals surface area contributed by atoms with Gasteiger partial charge in [-0.05, 0) is 19.1 Å². The van der Waals surface area contributed by atoms with E-state index in [2.05, 4.69) is 10.3 Å². The second-order valence-electron chi connectivity index (χ2n) is 4.26. The average molecular weight is 252 g/mol. The lowest BCUT2D eigenvalue weighted by Gasteiger charge is -1.98. The summed E-state index contributed by atoms with van der Waals surface area (Å²) in [6.45, 7) is 1.86. The third-order valence-corrected chi connectivity index (χ3v) is 2.78. The van der Waals surface area contributed by atoms with E-state index in [0.29, 0.717) is 17.3 Å². The van der Waals surface area contributed by atoms with Crippen molar-refractivity contribution in [2.45, 2.75) is 6.92 Å². The molecular weight excluding hydrogens is 240 g/mol. The van der Waals surface area contributed by atoms with Crippen molar-refractivity contribution in [3.63, 3.8) is 0 Å². The first kappa shape index (κ1) is 11.5. The highest BCUT2D eigenvalue weighted by Crippen LogP contribution is 2.16. The maximum absolute atomic E-state index is 11.8. The third-order valence-electron chi connectivity index (χ3n) is 2.78. The van der Waals surface area contributed by atoms with Crippen LogP contribution in [0.3, 0.4) is 0 Å². The Labute approximate surface area is 110 Å². The largest absolute Gasteiger partial charge is 0.462 e. The number of rotatable bonds is 2. The molecule has 19 heavy (non-hydrogen) atoms. The van der Waals surface area contributed by atoms with Crippen molar-refractivity contribution < 1.29 is 9.21 Å². The number of hydrogen-bond donors (Lipinski definition) is 1. The molecule has 4 heteroatoms. The Hall–Kier alpha value is -2.62. The number of carbonyl (C=O) groups is 1. The lowest BCUT2D eigenvalue weighted by Crippen LogP contribution is -2.24. The molecule has 1 aliphatic heterocycles. The van der Waals surface area contributed by atoms with E-state index in [9.17, 15) is 4.79 Å². The van der Waals surface area contributed by atoms with E-state index in [1.54, 1.807) is 6.08 Å². The zero-order chi connectivity index (χ0) is 13.2.